The van der Waals surface area contributed by atoms with E-state index in [4.69, 9.17) is 11.1 Å². The number of aromatic amines is 1. The number of hydrogen-bond donors (Lipinski definition) is 6. The largest absolute Gasteiger partial charge is 0.370 e. The van der Waals surface area contributed by atoms with E-state index in [0.29, 0.717) is 38.6 Å². The van der Waals surface area contributed by atoms with Crippen molar-refractivity contribution in [1.82, 2.24) is 46.4 Å². The third-order valence-electron chi connectivity index (χ3n) is 7.88. The summed E-state index contributed by atoms with van der Waals surface area (Å²) in [4.78, 5) is 55.2. The highest BCUT2D eigenvalue weighted by molar-refractivity contribution is 5.93. The van der Waals surface area contributed by atoms with Crippen molar-refractivity contribution >= 4 is 30.0 Å². The van der Waals surface area contributed by atoms with Crippen molar-refractivity contribution in [1.29, 1.82) is 5.41 Å². The molecule has 0 aromatic carbocycles. The first kappa shape index (κ1) is 31.9. The lowest BCUT2D eigenvalue weighted by atomic mass is 9.97. The van der Waals surface area contributed by atoms with E-state index in [-0.39, 0.29) is 35.6 Å². The molecule has 41 heavy (non-hydrogen) atoms. The lowest BCUT2D eigenvalue weighted by Gasteiger charge is -2.41. The lowest BCUT2D eigenvalue weighted by molar-refractivity contribution is -0.142. The number of hydrogen-bond acceptors (Lipinski definition) is 9. The summed E-state index contributed by atoms with van der Waals surface area (Å²) in [5.41, 5.74) is 5.99. The summed E-state index contributed by atoms with van der Waals surface area (Å²) in [6.45, 7) is 7.39. The Labute approximate surface area is 240 Å². The van der Waals surface area contributed by atoms with Crippen LogP contribution in [-0.2, 0) is 19.2 Å². The molecule has 0 bridgehead atoms. The zero-order valence-electron chi connectivity index (χ0n) is 24.3. The van der Waals surface area contributed by atoms with Crippen LogP contribution in [0.3, 0.4) is 0 Å². The topological polar surface area (TPSA) is 215 Å². The number of aromatic nitrogens is 4. The third kappa shape index (κ3) is 7.99. The van der Waals surface area contributed by atoms with Crippen molar-refractivity contribution in [3.05, 3.63) is 5.82 Å². The number of piperidine rings is 1. The first-order valence-corrected chi connectivity index (χ1v) is 14.7. The Hall–Kier alpha value is -3.62. The summed E-state index contributed by atoms with van der Waals surface area (Å²) in [6.07, 6.45) is 6.38. The second-order valence-electron chi connectivity index (χ2n) is 10.9. The first-order chi connectivity index (χ1) is 19.7. The van der Waals surface area contributed by atoms with Crippen molar-refractivity contribution in [3.8, 4) is 0 Å². The lowest BCUT2D eigenvalue weighted by Crippen LogP contribution is -2.59. The number of nitrogens with zero attached hydrogens (tertiary/aromatic N) is 5. The zero-order chi connectivity index (χ0) is 29.9. The van der Waals surface area contributed by atoms with E-state index >= 15 is 0 Å². The van der Waals surface area contributed by atoms with Crippen LogP contribution in [0.5, 0.6) is 0 Å². The predicted octanol–water partition coefficient (Wildman–Crippen LogP) is -0.416. The number of likely N-dealkylation sites (tertiary alicyclic amines) is 1. The molecule has 2 saturated heterocycles. The second kappa shape index (κ2) is 15.4. The molecule has 3 heterocycles. The molecule has 0 saturated carbocycles. The predicted molar refractivity (Wildman–Crippen MR) is 150 cm³/mol. The summed E-state index contributed by atoms with van der Waals surface area (Å²) in [7, 11) is 0. The average molecular weight is 576 g/mol. The molecule has 2 fully saturated rings. The number of rotatable bonds is 14. The molecular weight excluding hydrogens is 530 g/mol. The van der Waals surface area contributed by atoms with E-state index < -0.39 is 30.1 Å². The van der Waals surface area contributed by atoms with E-state index in [1.807, 2.05) is 13.8 Å². The fourth-order valence-corrected chi connectivity index (χ4v) is 5.89. The number of tetrazole rings is 1. The quantitative estimate of drug-likeness (QED) is 0.0957. The molecule has 5 atom stereocenters. The number of aldehydes is 1. The van der Waals surface area contributed by atoms with Gasteiger partial charge in [-0.1, -0.05) is 31.9 Å². The SMILES string of the molecule is CCCC(CCC)C(=O)N[C@@H](C)C(=O)N1CCC[C@H]1C(=O)N[C@H](C=O)C(c1nn[nH]n1)N(C(=N)N)C1CCCNC1. The van der Waals surface area contributed by atoms with E-state index in [1.165, 1.54) is 9.80 Å². The van der Waals surface area contributed by atoms with E-state index in [0.717, 1.165) is 38.6 Å². The highest BCUT2D eigenvalue weighted by Gasteiger charge is 2.42. The maximum absolute atomic E-state index is 13.6. The van der Waals surface area contributed by atoms with Gasteiger partial charge in [-0.2, -0.15) is 5.21 Å². The van der Waals surface area contributed by atoms with Crippen molar-refractivity contribution in [2.75, 3.05) is 19.6 Å². The van der Waals surface area contributed by atoms with Gasteiger partial charge in [-0.15, -0.1) is 10.2 Å². The summed E-state index contributed by atoms with van der Waals surface area (Å²) in [5, 5.41) is 31.2. The molecule has 1 aromatic rings. The van der Waals surface area contributed by atoms with E-state index in [1.54, 1.807) is 6.92 Å². The fourth-order valence-electron chi connectivity index (χ4n) is 5.89. The molecular formula is C26H45N11O4. The fraction of sp³-hybridized carbons (Fsp3) is 0.769. The minimum absolute atomic E-state index is 0.104. The number of amides is 3. The van der Waals surface area contributed by atoms with Gasteiger partial charge in [-0.3, -0.25) is 19.8 Å². The van der Waals surface area contributed by atoms with Crippen LogP contribution in [0.25, 0.3) is 0 Å². The van der Waals surface area contributed by atoms with Crippen LogP contribution in [0.4, 0.5) is 0 Å². The summed E-state index contributed by atoms with van der Waals surface area (Å²) < 4.78 is 0. The molecule has 1 aromatic heterocycles. The molecule has 3 rings (SSSR count). The second-order valence-corrected chi connectivity index (χ2v) is 10.9. The maximum atomic E-state index is 13.6. The monoisotopic (exact) mass is 575 g/mol. The van der Waals surface area contributed by atoms with Crippen LogP contribution < -0.4 is 21.7 Å². The molecule has 0 aliphatic carbocycles. The Balaban J connectivity index is 1.75. The Bertz CT molecular complexity index is 1020. The average Bonchev–Trinajstić information content (AvgIpc) is 3.67. The molecule has 7 N–H and O–H groups in total. The van der Waals surface area contributed by atoms with Crippen LogP contribution in [0, 0.1) is 11.3 Å². The molecule has 0 spiro atoms. The Morgan fingerprint density at radius 2 is 1.93 bits per heavy atom. The Kier molecular flexibility index (Phi) is 12.0. The van der Waals surface area contributed by atoms with Gasteiger partial charge < -0.3 is 36.3 Å². The molecule has 15 heteroatoms. The number of H-pyrrole nitrogens is 1. The van der Waals surface area contributed by atoms with Gasteiger partial charge in [0.1, 0.15) is 30.5 Å². The van der Waals surface area contributed by atoms with Crippen molar-refractivity contribution in [3.63, 3.8) is 0 Å². The van der Waals surface area contributed by atoms with Gasteiger partial charge in [-0.05, 0) is 52.0 Å². The van der Waals surface area contributed by atoms with Crippen LogP contribution in [0.15, 0.2) is 0 Å². The van der Waals surface area contributed by atoms with E-state index in [9.17, 15) is 19.2 Å². The highest BCUT2D eigenvalue weighted by atomic mass is 16.2. The van der Waals surface area contributed by atoms with Crippen LogP contribution in [0.2, 0.25) is 0 Å². The number of nitrogens with one attached hydrogen (secondary N) is 5. The standard InChI is InChI=1S/C26H45N11O4/c1-4-8-17(9-5-2)23(39)30-16(3)25(41)36-13-7-11-20(36)24(40)31-19(15-38)21(22-32-34-35-33-22)37(26(27)28)18-10-6-12-29-14-18/h15-21,29H,4-14H2,1-3H3,(H3,27,28)(H,30,39)(H,31,40)(H,32,33,34,35)/t16-,18?,19+,20-,21?/m0/s1. The van der Waals surface area contributed by atoms with Gasteiger partial charge >= 0.3 is 0 Å². The van der Waals surface area contributed by atoms with Gasteiger partial charge in [0.25, 0.3) is 0 Å². The molecule has 3 amide bonds. The van der Waals surface area contributed by atoms with Gasteiger partial charge in [0.15, 0.2) is 11.8 Å². The van der Waals surface area contributed by atoms with Crippen molar-refractivity contribution < 1.29 is 19.2 Å². The maximum Gasteiger partial charge on any atom is 0.245 e. The molecule has 0 radical (unpaired) electrons. The third-order valence-corrected chi connectivity index (χ3v) is 7.88. The normalized spacial score (nSPS) is 21.1. The van der Waals surface area contributed by atoms with E-state index in [2.05, 4.69) is 36.6 Å². The van der Waals surface area contributed by atoms with Gasteiger partial charge in [0.05, 0.1) is 0 Å². The van der Waals surface area contributed by atoms with Gasteiger partial charge in [-0.25, -0.2) is 0 Å². The zero-order valence-corrected chi connectivity index (χ0v) is 24.3. The molecule has 2 aliphatic rings. The number of carbonyl (C=O) groups excluding carboxylic acids is 4. The smallest absolute Gasteiger partial charge is 0.245 e. The van der Waals surface area contributed by atoms with Crippen LogP contribution in [-0.4, -0.2) is 104 Å². The van der Waals surface area contributed by atoms with Crippen LogP contribution in [0.1, 0.15) is 84.0 Å². The van der Waals surface area contributed by atoms with Gasteiger partial charge in [0, 0.05) is 25.0 Å². The first-order valence-electron chi connectivity index (χ1n) is 14.7. The molecule has 2 unspecified atom stereocenters. The summed E-state index contributed by atoms with van der Waals surface area (Å²) in [5.74, 6) is -1.36. The Morgan fingerprint density at radius 3 is 2.49 bits per heavy atom. The minimum atomic E-state index is -1.18. The molecule has 2 aliphatic heterocycles. The number of nitrogens with two attached hydrogens (primary N) is 1. The summed E-state index contributed by atoms with van der Waals surface area (Å²) >= 11 is 0. The van der Waals surface area contributed by atoms with Crippen LogP contribution >= 0.6 is 0 Å². The van der Waals surface area contributed by atoms with Crippen molar-refractivity contribution in [2.45, 2.75) is 102 Å². The minimum Gasteiger partial charge on any atom is -0.370 e. The highest BCUT2D eigenvalue weighted by Crippen LogP contribution is 2.26. The van der Waals surface area contributed by atoms with Crippen molar-refractivity contribution in [2.24, 2.45) is 11.7 Å². The molecule has 228 valence electrons. The van der Waals surface area contributed by atoms with Gasteiger partial charge in [0.2, 0.25) is 17.7 Å². The number of carbonyl (C=O) groups is 4. The number of guanidine groups is 1. The molecule has 15 nitrogen and oxygen atoms in total. The summed E-state index contributed by atoms with van der Waals surface area (Å²) in [6, 6.07) is -4.02. The Morgan fingerprint density at radius 1 is 1.20 bits per heavy atom.